The zero-order valence-corrected chi connectivity index (χ0v) is 9.38. The molecule has 1 aliphatic heterocycles. The molecule has 0 saturated heterocycles. The number of fused-ring (bicyclic) bond motifs is 1. The van der Waals surface area contributed by atoms with Gasteiger partial charge in [0.05, 0.1) is 7.11 Å². The maximum atomic E-state index is 11.1. The van der Waals surface area contributed by atoms with Crippen LogP contribution >= 0.6 is 0 Å². The van der Waals surface area contributed by atoms with Crippen molar-refractivity contribution in [1.29, 1.82) is 0 Å². The van der Waals surface area contributed by atoms with E-state index in [1.807, 2.05) is 12.1 Å². The highest BCUT2D eigenvalue weighted by Gasteiger charge is 2.08. The van der Waals surface area contributed by atoms with Crippen molar-refractivity contribution in [2.24, 2.45) is 0 Å². The summed E-state index contributed by atoms with van der Waals surface area (Å²) in [5.41, 5.74) is 3.19. The normalized spacial score (nSPS) is 14.3. The maximum Gasteiger partial charge on any atom is 0.411 e. The van der Waals surface area contributed by atoms with Gasteiger partial charge in [-0.25, -0.2) is 4.79 Å². The monoisotopic (exact) mass is 220 g/mol. The van der Waals surface area contributed by atoms with Crippen molar-refractivity contribution in [2.45, 2.75) is 19.3 Å². The van der Waals surface area contributed by atoms with E-state index in [4.69, 9.17) is 0 Å². The van der Waals surface area contributed by atoms with E-state index in [1.54, 1.807) is 0 Å². The van der Waals surface area contributed by atoms with E-state index in [2.05, 4.69) is 21.4 Å². The van der Waals surface area contributed by atoms with E-state index in [0.29, 0.717) is 0 Å². The van der Waals surface area contributed by atoms with E-state index in [-0.39, 0.29) is 0 Å². The summed E-state index contributed by atoms with van der Waals surface area (Å²) in [4.78, 5) is 11.1. The smallest absolute Gasteiger partial charge is 0.411 e. The Balaban J connectivity index is 2.17. The zero-order chi connectivity index (χ0) is 11.4. The molecular formula is C12H16N2O2. The highest BCUT2D eigenvalue weighted by atomic mass is 16.5. The van der Waals surface area contributed by atoms with Crippen LogP contribution in [0.1, 0.15) is 18.4 Å². The molecule has 1 amide bonds. The summed E-state index contributed by atoms with van der Waals surface area (Å²) in [5, 5.41) is 6.03. The number of benzene rings is 1. The molecule has 0 radical (unpaired) electrons. The highest BCUT2D eigenvalue weighted by molar-refractivity contribution is 5.85. The van der Waals surface area contributed by atoms with E-state index >= 15 is 0 Å². The van der Waals surface area contributed by atoms with Gasteiger partial charge in [0, 0.05) is 17.9 Å². The van der Waals surface area contributed by atoms with Crippen molar-refractivity contribution in [2.75, 3.05) is 24.3 Å². The summed E-state index contributed by atoms with van der Waals surface area (Å²) in [6, 6.07) is 5.92. The number of nitrogens with one attached hydrogen (secondary N) is 2. The first kappa shape index (κ1) is 10.8. The van der Waals surface area contributed by atoms with Crippen molar-refractivity contribution in [3.8, 4) is 0 Å². The third kappa shape index (κ3) is 2.45. The molecule has 2 N–H and O–H groups in total. The molecule has 0 atom stereocenters. The summed E-state index contributed by atoms with van der Waals surface area (Å²) in [7, 11) is 1.36. The molecule has 0 aromatic heterocycles. The van der Waals surface area contributed by atoms with Gasteiger partial charge in [-0.1, -0.05) is 6.07 Å². The lowest BCUT2D eigenvalue weighted by Crippen LogP contribution is -2.11. The molecule has 86 valence electrons. The van der Waals surface area contributed by atoms with E-state index < -0.39 is 6.09 Å². The van der Waals surface area contributed by atoms with Gasteiger partial charge in [0.25, 0.3) is 0 Å². The predicted molar refractivity (Wildman–Crippen MR) is 63.9 cm³/mol. The number of ether oxygens (including phenoxy) is 1. The Morgan fingerprint density at radius 2 is 2.31 bits per heavy atom. The summed E-state index contributed by atoms with van der Waals surface area (Å²) in [6.07, 6.45) is 3.06. The van der Waals surface area contributed by atoms with E-state index in [0.717, 1.165) is 24.3 Å². The lowest BCUT2D eigenvalue weighted by molar-refractivity contribution is 0.187. The minimum atomic E-state index is -0.437. The number of hydrogen-bond donors (Lipinski definition) is 2. The second-order valence-corrected chi connectivity index (χ2v) is 3.87. The molecule has 0 fully saturated rings. The van der Waals surface area contributed by atoms with E-state index in [1.165, 1.54) is 25.5 Å². The molecule has 1 aromatic rings. The molecular weight excluding hydrogens is 204 g/mol. The second-order valence-electron chi connectivity index (χ2n) is 3.87. The molecule has 4 nitrogen and oxygen atoms in total. The van der Waals surface area contributed by atoms with Gasteiger partial charge in [-0.3, -0.25) is 5.32 Å². The molecule has 0 unspecified atom stereocenters. The number of aryl methyl sites for hydroxylation is 1. The van der Waals surface area contributed by atoms with Crippen LogP contribution in [0.15, 0.2) is 18.2 Å². The van der Waals surface area contributed by atoms with Gasteiger partial charge in [0.2, 0.25) is 0 Å². The number of amides is 1. The number of hydrogen-bond acceptors (Lipinski definition) is 3. The van der Waals surface area contributed by atoms with Crippen LogP contribution in [0.25, 0.3) is 0 Å². The summed E-state index contributed by atoms with van der Waals surface area (Å²) < 4.78 is 4.55. The number of rotatable bonds is 1. The third-order valence-corrected chi connectivity index (χ3v) is 2.73. The summed E-state index contributed by atoms with van der Waals surface area (Å²) >= 11 is 0. The van der Waals surface area contributed by atoms with Crippen LogP contribution in [0.5, 0.6) is 0 Å². The van der Waals surface area contributed by atoms with Gasteiger partial charge in [-0.2, -0.15) is 0 Å². The average molecular weight is 220 g/mol. The quantitative estimate of drug-likeness (QED) is 0.764. The van der Waals surface area contributed by atoms with Crippen LogP contribution < -0.4 is 10.6 Å². The van der Waals surface area contributed by atoms with Crippen molar-refractivity contribution in [3.63, 3.8) is 0 Å². The van der Waals surface area contributed by atoms with E-state index in [9.17, 15) is 4.79 Å². The molecule has 16 heavy (non-hydrogen) atoms. The van der Waals surface area contributed by atoms with Gasteiger partial charge in [0.1, 0.15) is 0 Å². The Morgan fingerprint density at radius 3 is 3.12 bits per heavy atom. The van der Waals surface area contributed by atoms with Crippen LogP contribution in [-0.4, -0.2) is 19.7 Å². The minimum Gasteiger partial charge on any atom is -0.453 e. The van der Waals surface area contributed by atoms with Gasteiger partial charge in [-0.05, 0) is 37.0 Å². The maximum absolute atomic E-state index is 11.1. The first-order valence-corrected chi connectivity index (χ1v) is 5.51. The lowest BCUT2D eigenvalue weighted by Gasteiger charge is -2.10. The summed E-state index contributed by atoms with van der Waals surface area (Å²) in [6.45, 7) is 0.995. The molecule has 1 aliphatic rings. The Kier molecular flexibility index (Phi) is 3.29. The van der Waals surface area contributed by atoms with Gasteiger partial charge >= 0.3 is 6.09 Å². The Morgan fingerprint density at radius 1 is 1.44 bits per heavy atom. The molecule has 0 aliphatic carbocycles. The largest absolute Gasteiger partial charge is 0.453 e. The molecule has 0 spiro atoms. The van der Waals surface area contributed by atoms with Crippen LogP contribution in [0.2, 0.25) is 0 Å². The first-order valence-electron chi connectivity index (χ1n) is 5.51. The fourth-order valence-corrected chi connectivity index (χ4v) is 1.87. The number of carbonyl (C=O) groups is 1. The third-order valence-electron chi connectivity index (χ3n) is 2.73. The minimum absolute atomic E-state index is 0.437. The Bertz CT molecular complexity index is 391. The number of carbonyl (C=O) groups excluding carboxylic acids is 1. The van der Waals surface area contributed by atoms with Gasteiger partial charge in [0.15, 0.2) is 0 Å². The standard InChI is InChI=1S/C12H16N2O2/c1-16-12(15)14-10-6-5-9-4-2-3-7-13-11(9)8-10/h5-6,8,13H,2-4,7H2,1H3,(H,14,15). The van der Waals surface area contributed by atoms with Crippen molar-refractivity contribution < 1.29 is 9.53 Å². The van der Waals surface area contributed by atoms with Crippen molar-refractivity contribution >= 4 is 17.5 Å². The van der Waals surface area contributed by atoms with Crippen LogP contribution in [-0.2, 0) is 11.2 Å². The first-order chi connectivity index (χ1) is 7.79. The van der Waals surface area contributed by atoms with Gasteiger partial charge in [-0.15, -0.1) is 0 Å². The van der Waals surface area contributed by atoms with Crippen LogP contribution in [0.4, 0.5) is 16.2 Å². The average Bonchev–Trinajstić information content (AvgIpc) is 2.53. The fourth-order valence-electron chi connectivity index (χ4n) is 1.87. The van der Waals surface area contributed by atoms with Crippen LogP contribution in [0, 0.1) is 0 Å². The molecule has 1 heterocycles. The molecule has 0 bridgehead atoms. The highest BCUT2D eigenvalue weighted by Crippen LogP contribution is 2.25. The van der Waals surface area contributed by atoms with Crippen LogP contribution in [0.3, 0.4) is 0 Å². The predicted octanol–water partition coefficient (Wildman–Crippen LogP) is 2.61. The Hall–Kier alpha value is -1.71. The molecule has 4 heteroatoms. The molecule has 1 aromatic carbocycles. The zero-order valence-electron chi connectivity index (χ0n) is 9.38. The van der Waals surface area contributed by atoms with Crippen molar-refractivity contribution in [3.05, 3.63) is 23.8 Å². The topological polar surface area (TPSA) is 50.4 Å². The second kappa shape index (κ2) is 4.88. The molecule has 2 rings (SSSR count). The fraction of sp³-hybridized carbons (Fsp3) is 0.417. The van der Waals surface area contributed by atoms with Crippen molar-refractivity contribution in [1.82, 2.24) is 0 Å². The Labute approximate surface area is 95.0 Å². The SMILES string of the molecule is COC(=O)Nc1ccc2c(c1)NCCCC2. The molecule has 0 saturated carbocycles. The lowest BCUT2D eigenvalue weighted by atomic mass is 10.1. The number of anilines is 2. The van der Waals surface area contributed by atoms with Gasteiger partial charge < -0.3 is 10.1 Å². The summed E-state index contributed by atoms with van der Waals surface area (Å²) in [5.74, 6) is 0. The number of methoxy groups -OCH3 is 1.